The fourth-order valence-electron chi connectivity index (χ4n) is 2.57. The largest absolute Gasteiger partial charge is 0.465 e. The number of halogens is 2. The molecule has 6 nitrogen and oxygen atoms in total. The number of benzene rings is 1. The molecule has 0 amide bonds. The van der Waals surface area contributed by atoms with Crippen molar-refractivity contribution >= 4 is 43.5 Å². The third-order valence-corrected chi connectivity index (χ3v) is 5.19. The van der Waals surface area contributed by atoms with Crippen molar-refractivity contribution in [1.29, 1.82) is 0 Å². The van der Waals surface area contributed by atoms with Gasteiger partial charge in [-0.3, -0.25) is 18.7 Å². The van der Waals surface area contributed by atoms with Crippen molar-refractivity contribution in [3.05, 3.63) is 66.3 Å². The molecule has 0 saturated heterocycles. The molecule has 0 aliphatic heterocycles. The van der Waals surface area contributed by atoms with Gasteiger partial charge in [0.1, 0.15) is 17.2 Å². The first-order valence-electron chi connectivity index (χ1n) is 7.72. The molecule has 0 aliphatic rings. The molecule has 3 rings (SSSR count). The topological polar surface area (TPSA) is 70.3 Å². The molecule has 0 aliphatic carbocycles. The van der Waals surface area contributed by atoms with E-state index < -0.39 is 23.0 Å². The highest BCUT2D eigenvalue weighted by Crippen LogP contribution is 2.18. The first kappa shape index (κ1) is 18.5. The van der Waals surface area contributed by atoms with Crippen LogP contribution in [0.1, 0.15) is 12.5 Å². The number of ether oxygens (including phenoxy) is 1. The van der Waals surface area contributed by atoms with Gasteiger partial charge in [0.2, 0.25) is 0 Å². The predicted octanol–water partition coefficient (Wildman–Crippen LogP) is 2.74. The summed E-state index contributed by atoms with van der Waals surface area (Å²) in [5.74, 6) is -1.11. The van der Waals surface area contributed by atoms with Crippen LogP contribution in [-0.2, 0) is 22.6 Å². The molecule has 0 spiro atoms. The third kappa shape index (κ3) is 3.49. The molecular weight excluding hydrogens is 427 g/mol. The number of nitrogens with zero attached hydrogens (tertiary/aromatic N) is 2. The van der Waals surface area contributed by atoms with E-state index in [1.165, 1.54) is 28.0 Å². The number of carbonyl (C=O) groups is 1. The summed E-state index contributed by atoms with van der Waals surface area (Å²) in [6, 6.07) is 5.97. The first-order chi connectivity index (χ1) is 12.4. The number of aromatic nitrogens is 2. The van der Waals surface area contributed by atoms with Crippen molar-refractivity contribution in [3.8, 4) is 0 Å². The summed E-state index contributed by atoms with van der Waals surface area (Å²) in [5, 5.41) is 1.97. The highest BCUT2D eigenvalue weighted by atomic mass is 79.9. The Balaban J connectivity index is 2.14. The van der Waals surface area contributed by atoms with E-state index in [-0.39, 0.29) is 25.3 Å². The minimum atomic E-state index is -0.680. The van der Waals surface area contributed by atoms with Crippen LogP contribution >= 0.6 is 27.3 Å². The summed E-state index contributed by atoms with van der Waals surface area (Å²) in [5.41, 5.74) is -1.00. The van der Waals surface area contributed by atoms with Gasteiger partial charge in [-0.05, 0) is 30.5 Å². The van der Waals surface area contributed by atoms with Crippen molar-refractivity contribution < 1.29 is 13.9 Å². The monoisotopic (exact) mass is 440 g/mol. The molecule has 0 atom stereocenters. The molecule has 136 valence electrons. The standard InChI is InChI=1S/C17H14BrFN2O4S/c1-2-25-14(22)9-21-16-12(5-6-26-16)15(23)20(17(21)24)8-10-3-4-11(18)7-13(10)19/h3-7H,2,8-9H2,1H3. The quantitative estimate of drug-likeness (QED) is 0.571. The van der Waals surface area contributed by atoms with Gasteiger partial charge in [0, 0.05) is 10.0 Å². The van der Waals surface area contributed by atoms with Gasteiger partial charge in [-0.15, -0.1) is 11.3 Å². The maximum Gasteiger partial charge on any atom is 0.332 e. The molecule has 2 heterocycles. The van der Waals surface area contributed by atoms with E-state index in [4.69, 9.17) is 4.74 Å². The molecule has 9 heteroatoms. The minimum Gasteiger partial charge on any atom is -0.465 e. The fourth-order valence-corrected chi connectivity index (χ4v) is 3.79. The highest BCUT2D eigenvalue weighted by molar-refractivity contribution is 9.10. The van der Waals surface area contributed by atoms with Gasteiger partial charge in [0.25, 0.3) is 5.56 Å². The summed E-state index contributed by atoms with van der Waals surface area (Å²) >= 11 is 4.35. The van der Waals surface area contributed by atoms with Gasteiger partial charge < -0.3 is 4.74 Å². The van der Waals surface area contributed by atoms with E-state index in [1.807, 2.05) is 0 Å². The normalized spacial score (nSPS) is 11.0. The lowest BCUT2D eigenvalue weighted by atomic mass is 10.2. The van der Waals surface area contributed by atoms with Crippen molar-refractivity contribution in [3.63, 3.8) is 0 Å². The number of hydrogen-bond donors (Lipinski definition) is 0. The van der Waals surface area contributed by atoms with Crippen molar-refractivity contribution in [2.75, 3.05) is 6.61 Å². The lowest BCUT2D eigenvalue weighted by Gasteiger charge is -2.12. The Labute approximate surface area is 159 Å². The van der Waals surface area contributed by atoms with Crippen LogP contribution in [0.4, 0.5) is 4.39 Å². The van der Waals surface area contributed by atoms with Crippen molar-refractivity contribution in [2.45, 2.75) is 20.0 Å². The highest BCUT2D eigenvalue weighted by Gasteiger charge is 2.18. The predicted molar refractivity (Wildman–Crippen MR) is 100 cm³/mol. The zero-order valence-corrected chi connectivity index (χ0v) is 16.1. The summed E-state index contributed by atoms with van der Waals surface area (Å²) in [6.45, 7) is 1.31. The van der Waals surface area contributed by atoms with Crippen molar-refractivity contribution in [1.82, 2.24) is 9.13 Å². The number of fused-ring (bicyclic) bond motifs is 1. The van der Waals surface area contributed by atoms with Gasteiger partial charge in [-0.2, -0.15) is 0 Å². The Hall–Kier alpha value is -2.26. The molecule has 0 N–H and O–H groups in total. The van der Waals surface area contributed by atoms with Crippen LogP contribution in [0.2, 0.25) is 0 Å². The van der Waals surface area contributed by atoms with E-state index in [1.54, 1.807) is 24.4 Å². The van der Waals surface area contributed by atoms with E-state index in [0.717, 1.165) is 4.57 Å². The van der Waals surface area contributed by atoms with Crippen LogP contribution in [0.5, 0.6) is 0 Å². The molecular formula is C17H14BrFN2O4S. The van der Waals surface area contributed by atoms with Crippen LogP contribution in [-0.4, -0.2) is 21.7 Å². The Morgan fingerprint density at radius 2 is 2.04 bits per heavy atom. The van der Waals surface area contributed by atoms with Gasteiger partial charge in [-0.25, -0.2) is 9.18 Å². The van der Waals surface area contributed by atoms with E-state index in [0.29, 0.717) is 14.7 Å². The van der Waals surface area contributed by atoms with Crippen LogP contribution in [0.3, 0.4) is 0 Å². The molecule has 26 heavy (non-hydrogen) atoms. The summed E-state index contributed by atoms with van der Waals surface area (Å²) in [6.07, 6.45) is 0. The van der Waals surface area contributed by atoms with Crippen LogP contribution in [0.15, 0.2) is 43.7 Å². The van der Waals surface area contributed by atoms with Crippen LogP contribution in [0, 0.1) is 5.82 Å². The molecule has 2 aromatic heterocycles. The third-order valence-electron chi connectivity index (χ3n) is 3.76. The smallest absolute Gasteiger partial charge is 0.332 e. The Bertz CT molecular complexity index is 1100. The molecule has 0 fully saturated rings. The SMILES string of the molecule is CCOC(=O)Cn1c(=O)n(Cc2ccc(Br)cc2F)c(=O)c2ccsc21. The number of esters is 1. The fraction of sp³-hybridized carbons (Fsp3) is 0.235. The second-order valence-corrected chi connectivity index (χ2v) is 7.25. The lowest BCUT2D eigenvalue weighted by Crippen LogP contribution is -2.41. The second-order valence-electron chi connectivity index (χ2n) is 5.44. The Morgan fingerprint density at radius 3 is 2.73 bits per heavy atom. The van der Waals surface area contributed by atoms with Crippen molar-refractivity contribution in [2.24, 2.45) is 0 Å². The Kier molecular flexibility index (Phi) is 5.38. The van der Waals surface area contributed by atoms with Gasteiger partial charge in [0.15, 0.2) is 0 Å². The number of carbonyl (C=O) groups excluding carboxylic acids is 1. The number of rotatable bonds is 5. The summed E-state index contributed by atoms with van der Waals surface area (Å²) < 4.78 is 21.7. The molecule has 0 saturated carbocycles. The molecule has 0 bridgehead atoms. The maximum atomic E-state index is 14.1. The molecule has 1 aromatic carbocycles. The number of thiophene rings is 1. The second kappa shape index (κ2) is 7.55. The van der Waals surface area contributed by atoms with E-state index >= 15 is 0 Å². The molecule has 0 radical (unpaired) electrons. The summed E-state index contributed by atoms with van der Waals surface area (Å²) in [4.78, 5) is 37.7. The lowest BCUT2D eigenvalue weighted by molar-refractivity contribution is -0.143. The zero-order valence-electron chi connectivity index (χ0n) is 13.7. The molecule has 0 unspecified atom stereocenters. The summed E-state index contributed by atoms with van der Waals surface area (Å²) in [7, 11) is 0. The van der Waals surface area contributed by atoms with E-state index in [9.17, 15) is 18.8 Å². The average molecular weight is 441 g/mol. The Morgan fingerprint density at radius 1 is 1.27 bits per heavy atom. The molecule has 3 aromatic rings. The maximum absolute atomic E-state index is 14.1. The first-order valence-corrected chi connectivity index (χ1v) is 9.40. The minimum absolute atomic E-state index is 0.185. The van der Waals surface area contributed by atoms with Crippen LogP contribution in [0.25, 0.3) is 10.2 Å². The van der Waals surface area contributed by atoms with E-state index in [2.05, 4.69) is 15.9 Å². The zero-order chi connectivity index (χ0) is 18.8. The van der Waals surface area contributed by atoms with Gasteiger partial charge >= 0.3 is 11.7 Å². The van der Waals surface area contributed by atoms with Gasteiger partial charge in [-0.1, -0.05) is 22.0 Å². The average Bonchev–Trinajstić information content (AvgIpc) is 3.07. The van der Waals surface area contributed by atoms with Crippen LogP contribution < -0.4 is 11.2 Å². The van der Waals surface area contributed by atoms with Gasteiger partial charge in [0.05, 0.1) is 18.5 Å². The number of hydrogen-bond acceptors (Lipinski definition) is 5.